The molecule has 0 unspecified atom stereocenters. The van der Waals surface area contributed by atoms with E-state index < -0.39 is 0 Å². The van der Waals surface area contributed by atoms with E-state index in [9.17, 15) is 0 Å². The number of nitrogens with two attached hydrogens (primary N) is 1. The Morgan fingerprint density at radius 3 is 2.84 bits per heavy atom. The number of fused-ring (bicyclic) bond motifs is 3. The predicted molar refractivity (Wildman–Crippen MR) is 100 cm³/mol. The van der Waals surface area contributed by atoms with E-state index in [0.717, 1.165) is 47.4 Å². The van der Waals surface area contributed by atoms with Crippen molar-refractivity contribution in [3.05, 3.63) is 30.1 Å². The van der Waals surface area contributed by atoms with Crippen LogP contribution in [-0.2, 0) is 17.9 Å². The molecule has 0 saturated carbocycles. The lowest BCUT2D eigenvalue weighted by Crippen LogP contribution is -2.30. The molecule has 0 atom stereocenters. The standard InChI is InChI=1S/C19H25N5O/c1-2-25-12-16-23-17-18(24(16)11-13-7-9-21-10-8-13)14-5-3-4-6-15(14)22-19(17)20/h3-6,13,21H,2,7-12H2,1H3,(H2,20,22). The maximum Gasteiger partial charge on any atom is 0.152 e. The average molecular weight is 339 g/mol. The number of nitrogens with zero attached hydrogens (tertiary/aromatic N) is 3. The van der Waals surface area contributed by atoms with Crippen LogP contribution in [0, 0.1) is 5.92 Å². The fourth-order valence-electron chi connectivity index (χ4n) is 3.73. The van der Waals surface area contributed by atoms with Crippen molar-refractivity contribution in [2.24, 2.45) is 5.92 Å². The number of benzene rings is 1. The zero-order chi connectivity index (χ0) is 17.2. The van der Waals surface area contributed by atoms with Gasteiger partial charge >= 0.3 is 0 Å². The first-order chi connectivity index (χ1) is 12.3. The van der Waals surface area contributed by atoms with Gasteiger partial charge in [0.05, 0.1) is 11.0 Å². The van der Waals surface area contributed by atoms with Crippen LogP contribution in [0.1, 0.15) is 25.6 Å². The van der Waals surface area contributed by atoms with Crippen LogP contribution in [0.25, 0.3) is 21.9 Å². The molecule has 1 aromatic carbocycles. The fraction of sp³-hybridized carbons (Fsp3) is 0.474. The normalized spacial score (nSPS) is 16.0. The van der Waals surface area contributed by atoms with Gasteiger partial charge in [0.1, 0.15) is 17.9 Å². The second kappa shape index (κ2) is 6.98. The van der Waals surface area contributed by atoms with Crippen molar-refractivity contribution < 1.29 is 4.74 Å². The number of pyridine rings is 1. The minimum absolute atomic E-state index is 0.496. The minimum atomic E-state index is 0.496. The Kier molecular flexibility index (Phi) is 4.55. The van der Waals surface area contributed by atoms with Crippen molar-refractivity contribution in [1.82, 2.24) is 19.9 Å². The summed E-state index contributed by atoms with van der Waals surface area (Å²) >= 11 is 0. The topological polar surface area (TPSA) is 78.0 Å². The lowest BCUT2D eigenvalue weighted by molar-refractivity contribution is 0.125. The Morgan fingerprint density at radius 2 is 2.04 bits per heavy atom. The number of rotatable bonds is 5. The Balaban J connectivity index is 1.88. The molecule has 0 bridgehead atoms. The number of nitrogen functional groups attached to an aromatic ring is 1. The molecule has 3 N–H and O–H groups in total. The van der Waals surface area contributed by atoms with E-state index in [1.165, 1.54) is 12.8 Å². The lowest BCUT2D eigenvalue weighted by Gasteiger charge is -2.24. The van der Waals surface area contributed by atoms with Crippen molar-refractivity contribution >= 4 is 27.8 Å². The molecule has 3 aromatic rings. The van der Waals surface area contributed by atoms with Gasteiger partial charge in [0, 0.05) is 18.5 Å². The first-order valence-electron chi connectivity index (χ1n) is 9.09. The van der Waals surface area contributed by atoms with E-state index in [1.54, 1.807) is 0 Å². The molecule has 6 nitrogen and oxygen atoms in total. The molecule has 6 heteroatoms. The molecular formula is C19H25N5O. The van der Waals surface area contributed by atoms with Crippen molar-refractivity contribution in [2.75, 3.05) is 25.4 Å². The molecule has 0 aliphatic carbocycles. The van der Waals surface area contributed by atoms with Crippen LogP contribution in [0.2, 0.25) is 0 Å². The smallest absolute Gasteiger partial charge is 0.152 e. The molecule has 25 heavy (non-hydrogen) atoms. The van der Waals surface area contributed by atoms with Crippen LogP contribution in [0.5, 0.6) is 0 Å². The van der Waals surface area contributed by atoms with Gasteiger partial charge in [-0.05, 0) is 44.8 Å². The zero-order valence-corrected chi connectivity index (χ0v) is 14.7. The minimum Gasteiger partial charge on any atom is -0.382 e. The van der Waals surface area contributed by atoms with Crippen LogP contribution >= 0.6 is 0 Å². The number of anilines is 1. The van der Waals surface area contributed by atoms with Crippen LogP contribution in [0.15, 0.2) is 24.3 Å². The van der Waals surface area contributed by atoms with Gasteiger partial charge in [0.15, 0.2) is 5.82 Å². The van der Waals surface area contributed by atoms with E-state index in [0.29, 0.717) is 24.9 Å². The predicted octanol–water partition coefficient (Wildman–Crippen LogP) is 2.70. The second-order valence-corrected chi connectivity index (χ2v) is 6.68. The van der Waals surface area contributed by atoms with Crippen molar-refractivity contribution in [2.45, 2.75) is 32.9 Å². The quantitative estimate of drug-likeness (QED) is 0.747. The van der Waals surface area contributed by atoms with Crippen molar-refractivity contribution in [3.63, 3.8) is 0 Å². The van der Waals surface area contributed by atoms with Crippen molar-refractivity contribution in [3.8, 4) is 0 Å². The van der Waals surface area contributed by atoms with Gasteiger partial charge < -0.3 is 20.4 Å². The van der Waals surface area contributed by atoms with E-state index in [2.05, 4.69) is 20.9 Å². The highest BCUT2D eigenvalue weighted by Crippen LogP contribution is 2.30. The van der Waals surface area contributed by atoms with Gasteiger partial charge in [-0.15, -0.1) is 0 Å². The molecule has 0 amide bonds. The van der Waals surface area contributed by atoms with Gasteiger partial charge in [-0.25, -0.2) is 9.97 Å². The number of para-hydroxylation sites is 1. The molecule has 1 aliphatic rings. The molecule has 2 aromatic heterocycles. The van der Waals surface area contributed by atoms with Gasteiger partial charge in [0.2, 0.25) is 0 Å². The largest absolute Gasteiger partial charge is 0.382 e. The van der Waals surface area contributed by atoms with Crippen LogP contribution in [0.4, 0.5) is 5.82 Å². The average Bonchev–Trinajstić information content (AvgIpc) is 3.00. The Bertz CT molecular complexity index is 882. The summed E-state index contributed by atoms with van der Waals surface area (Å²) in [4.78, 5) is 9.34. The number of aromatic nitrogens is 3. The Morgan fingerprint density at radius 1 is 1.24 bits per heavy atom. The third-order valence-electron chi connectivity index (χ3n) is 5.02. The summed E-state index contributed by atoms with van der Waals surface area (Å²) < 4.78 is 7.99. The number of nitrogens with one attached hydrogen (secondary N) is 1. The molecule has 0 radical (unpaired) electrons. The molecule has 4 rings (SSSR count). The molecule has 1 saturated heterocycles. The van der Waals surface area contributed by atoms with E-state index >= 15 is 0 Å². The number of imidazole rings is 1. The number of hydrogen-bond acceptors (Lipinski definition) is 5. The second-order valence-electron chi connectivity index (χ2n) is 6.68. The van der Waals surface area contributed by atoms with Crippen LogP contribution in [0.3, 0.4) is 0 Å². The Hall–Kier alpha value is -2.18. The van der Waals surface area contributed by atoms with Crippen LogP contribution < -0.4 is 11.1 Å². The van der Waals surface area contributed by atoms with E-state index in [4.69, 9.17) is 15.5 Å². The van der Waals surface area contributed by atoms with E-state index in [-0.39, 0.29) is 0 Å². The number of hydrogen-bond donors (Lipinski definition) is 2. The number of ether oxygens (including phenoxy) is 1. The first-order valence-corrected chi connectivity index (χ1v) is 9.09. The van der Waals surface area contributed by atoms with Crippen LogP contribution in [-0.4, -0.2) is 34.2 Å². The maximum atomic E-state index is 6.23. The fourth-order valence-corrected chi connectivity index (χ4v) is 3.73. The van der Waals surface area contributed by atoms with Gasteiger partial charge in [-0.3, -0.25) is 0 Å². The molecule has 132 valence electrons. The van der Waals surface area contributed by atoms with Gasteiger partial charge in [-0.1, -0.05) is 18.2 Å². The molecule has 3 heterocycles. The highest BCUT2D eigenvalue weighted by molar-refractivity contribution is 6.06. The third kappa shape index (κ3) is 3.07. The van der Waals surface area contributed by atoms with Gasteiger partial charge in [-0.2, -0.15) is 0 Å². The van der Waals surface area contributed by atoms with E-state index in [1.807, 2.05) is 25.1 Å². The summed E-state index contributed by atoms with van der Waals surface area (Å²) in [5, 5.41) is 4.55. The summed E-state index contributed by atoms with van der Waals surface area (Å²) in [7, 11) is 0. The third-order valence-corrected chi connectivity index (χ3v) is 5.02. The van der Waals surface area contributed by atoms with Gasteiger partial charge in [0.25, 0.3) is 0 Å². The summed E-state index contributed by atoms with van der Waals surface area (Å²) in [5.74, 6) is 2.09. The summed E-state index contributed by atoms with van der Waals surface area (Å²) in [6, 6.07) is 8.16. The maximum absolute atomic E-state index is 6.23. The first kappa shape index (κ1) is 16.3. The zero-order valence-electron chi connectivity index (χ0n) is 14.7. The highest BCUT2D eigenvalue weighted by atomic mass is 16.5. The molecule has 1 aliphatic heterocycles. The SMILES string of the molecule is CCOCc1nc2c(N)nc3ccccc3c2n1CC1CCNCC1. The molecular weight excluding hydrogens is 314 g/mol. The summed E-state index contributed by atoms with van der Waals surface area (Å²) in [6.07, 6.45) is 2.37. The Labute approximate surface area is 147 Å². The summed E-state index contributed by atoms with van der Waals surface area (Å²) in [6.45, 7) is 6.30. The highest BCUT2D eigenvalue weighted by Gasteiger charge is 2.21. The molecule has 1 fully saturated rings. The lowest BCUT2D eigenvalue weighted by atomic mass is 9.98. The molecule has 0 spiro atoms. The number of piperidine rings is 1. The monoisotopic (exact) mass is 339 g/mol. The summed E-state index contributed by atoms with van der Waals surface area (Å²) in [5.41, 5.74) is 9.03. The van der Waals surface area contributed by atoms with Crippen molar-refractivity contribution in [1.29, 1.82) is 0 Å².